The summed E-state index contributed by atoms with van der Waals surface area (Å²) in [6.45, 7) is 0.916. The van der Waals surface area contributed by atoms with E-state index in [9.17, 15) is 19.7 Å². The van der Waals surface area contributed by atoms with E-state index >= 15 is 0 Å². The molecule has 0 bridgehead atoms. The summed E-state index contributed by atoms with van der Waals surface area (Å²) < 4.78 is 5.26. The highest BCUT2D eigenvalue weighted by Crippen LogP contribution is 2.25. The lowest BCUT2D eigenvalue weighted by Crippen LogP contribution is -2.23. The molecule has 27 heavy (non-hydrogen) atoms. The molecule has 1 aliphatic rings. The van der Waals surface area contributed by atoms with Gasteiger partial charge >= 0.3 is 5.97 Å². The molecule has 0 atom stereocenters. The summed E-state index contributed by atoms with van der Waals surface area (Å²) in [5.74, 6) is 0.0352. The minimum absolute atomic E-state index is 0.0436. The van der Waals surface area contributed by atoms with Gasteiger partial charge < -0.3 is 15.0 Å². The molecule has 8 heteroatoms. The van der Waals surface area contributed by atoms with Crippen LogP contribution >= 0.6 is 0 Å². The minimum Gasteiger partial charge on any atom is -0.426 e. The highest BCUT2D eigenvalue weighted by molar-refractivity contribution is 5.95. The summed E-state index contributed by atoms with van der Waals surface area (Å²) in [6.07, 6.45) is 1.46. The fraction of sp³-hybridized carbons (Fsp3) is 0.263. The number of nitrogens with zero attached hydrogens (tertiary/aromatic N) is 2. The molecule has 1 N–H and O–H groups in total. The lowest BCUT2D eigenvalue weighted by Gasteiger charge is -2.15. The molecule has 0 saturated carbocycles. The zero-order valence-corrected chi connectivity index (χ0v) is 14.6. The quantitative estimate of drug-likeness (QED) is 0.348. The molecule has 0 spiro atoms. The van der Waals surface area contributed by atoms with E-state index in [0.717, 1.165) is 12.1 Å². The Labute approximate surface area is 155 Å². The molecule has 2 aromatic rings. The number of anilines is 2. The number of hydrogen-bond donors (Lipinski definition) is 1. The van der Waals surface area contributed by atoms with Gasteiger partial charge in [0.25, 0.3) is 5.69 Å². The SMILES string of the molecule is O=C(CCNc1ccccc1[N+](=O)[O-])Oc1ccc(N2CCCC2=O)cc1. The minimum atomic E-state index is -0.479. The Morgan fingerprint density at radius 2 is 1.93 bits per heavy atom. The van der Waals surface area contributed by atoms with Crippen LogP contribution in [-0.2, 0) is 9.59 Å². The number of nitro groups is 1. The third-order valence-electron chi connectivity index (χ3n) is 4.20. The fourth-order valence-corrected chi connectivity index (χ4v) is 2.88. The monoisotopic (exact) mass is 369 g/mol. The van der Waals surface area contributed by atoms with Gasteiger partial charge in [0.15, 0.2) is 0 Å². The molecule has 0 aromatic heterocycles. The number of hydrogen-bond acceptors (Lipinski definition) is 6. The molecule has 0 unspecified atom stereocenters. The number of nitro benzene ring substituents is 1. The summed E-state index contributed by atoms with van der Waals surface area (Å²) >= 11 is 0. The highest BCUT2D eigenvalue weighted by atomic mass is 16.6. The van der Waals surface area contributed by atoms with Crippen LogP contribution in [0, 0.1) is 10.1 Å². The van der Waals surface area contributed by atoms with Gasteiger partial charge in [-0.15, -0.1) is 0 Å². The maximum atomic E-state index is 12.0. The molecule has 8 nitrogen and oxygen atoms in total. The van der Waals surface area contributed by atoms with Crippen LogP contribution in [0.5, 0.6) is 5.75 Å². The van der Waals surface area contributed by atoms with Crippen molar-refractivity contribution in [3.05, 3.63) is 58.6 Å². The van der Waals surface area contributed by atoms with E-state index in [1.165, 1.54) is 6.07 Å². The number of amides is 1. The number of ether oxygens (including phenoxy) is 1. The number of esters is 1. The number of nitrogens with one attached hydrogen (secondary N) is 1. The molecule has 140 valence electrons. The molecule has 0 radical (unpaired) electrons. The average Bonchev–Trinajstić information content (AvgIpc) is 3.08. The lowest BCUT2D eigenvalue weighted by molar-refractivity contribution is -0.384. The predicted octanol–water partition coefficient (Wildman–Crippen LogP) is 3.13. The van der Waals surface area contributed by atoms with E-state index in [0.29, 0.717) is 24.4 Å². The van der Waals surface area contributed by atoms with Crippen molar-refractivity contribution in [2.75, 3.05) is 23.3 Å². The van der Waals surface area contributed by atoms with Gasteiger partial charge in [-0.25, -0.2) is 0 Å². The predicted molar refractivity (Wildman–Crippen MR) is 99.9 cm³/mol. The van der Waals surface area contributed by atoms with E-state index < -0.39 is 10.9 Å². The van der Waals surface area contributed by atoms with Gasteiger partial charge in [-0.05, 0) is 36.8 Å². The average molecular weight is 369 g/mol. The van der Waals surface area contributed by atoms with E-state index in [1.807, 2.05) is 0 Å². The highest BCUT2D eigenvalue weighted by Gasteiger charge is 2.21. The van der Waals surface area contributed by atoms with Crippen LogP contribution in [0.1, 0.15) is 19.3 Å². The van der Waals surface area contributed by atoms with Crippen LogP contribution in [-0.4, -0.2) is 29.9 Å². The van der Waals surface area contributed by atoms with Gasteiger partial charge in [-0.3, -0.25) is 19.7 Å². The van der Waals surface area contributed by atoms with Crippen LogP contribution < -0.4 is 15.0 Å². The summed E-state index contributed by atoms with van der Waals surface area (Å²) in [5, 5.41) is 13.8. The second-order valence-corrected chi connectivity index (χ2v) is 6.07. The van der Waals surface area contributed by atoms with Crippen molar-refractivity contribution in [1.29, 1.82) is 0 Å². The molecule has 1 fully saturated rings. The summed E-state index contributed by atoms with van der Waals surface area (Å²) in [7, 11) is 0. The Hall–Kier alpha value is -3.42. The number of rotatable bonds is 7. The standard InChI is InChI=1S/C19H19N3O5/c23-18-6-3-13-21(18)14-7-9-15(10-8-14)27-19(24)11-12-20-16-4-1-2-5-17(16)22(25)26/h1-2,4-5,7-10,20H,3,6,11-13H2. The molecule has 1 amide bonds. The lowest BCUT2D eigenvalue weighted by atomic mass is 10.2. The summed E-state index contributed by atoms with van der Waals surface area (Å²) in [6, 6.07) is 13.0. The van der Waals surface area contributed by atoms with Crippen molar-refractivity contribution in [2.45, 2.75) is 19.3 Å². The van der Waals surface area contributed by atoms with E-state index in [4.69, 9.17) is 4.74 Å². The van der Waals surface area contributed by atoms with Crippen molar-refractivity contribution in [3.63, 3.8) is 0 Å². The summed E-state index contributed by atoms with van der Waals surface area (Å²) in [4.78, 5) is 35.9. The van der Waals surface area contributed by atoms with Crippen molar-refractivity contribution < 1.29 is 19.2 Å². The maximum Gasteiger partial charge on any atom is 0.312 e. The largest absolute Gasteiger partial charge is 0.426 e. The van der Waals surface area contributed by atoms with E-state index in [2.05, 4.69) is 5.32 Å². The smallest absolute Gasteiger partial charge is 0.312 e. The van der Waals surface area contributed by atoms with Crippen molar-refractivity contribution in [2.24, 2.45) is 0 Å². The first kappa shape index (κ1) is 18.4. The zero-order chi connectivity index (χ0) is 19.2. The van der Waals surface area contributed by atoms with Crippen LogP contribution in [0.2, 0.25) is 0 Å². The number of carbonyl (C=O) groups excluding carboxylic acids is 2. The Kier molecular flexibility index (Phi) is 5.65. The first-order valence-corrected chi connectivity index (χ1v) is 8.63. The van der Waals surface area contributed by atoms with E-state index in [1.54, 1.807) is 47.4 Å². The van der Waals surface area contributed by atoms with E-state index in [-0.39, 0.29) is 24.6 Å². The Morgan fingerprint density at radius 1 is 1.19 bits per heavy atom. The Bertz CT molecular complexity index is 851. The zero-order valence-electron chi connectivity index (χ0n) is 14.6. The summed E-state index contributed by atoms with van der Waals surface area (Å²) in [5.41, 5.74) is 1.10. The third kappa shape index (κ3) is 4.60. The molecular formula is C19H19N3O5. The van der Waals surface area contributed by atoms with Crippen molar-refractivity contribution >= 4 is 28.9 Å². The van der Waals surface area contributed by atoms with Gasteiger partial charge in [0.05, 0.1) is 11.3 Å². The first-order chi connectivity index (χ1) is 13.0. The van der Waals surface area contributed by atoms with Gasteiger partial charge in [0, 0.05) is 31.3 Å². The molecule has 0 aliphatic carbocycles. The third-order valence-corrected chi connectivity index (χ3v) is 4.20. The van der Waals surface area contributed by atoms with Gasteiger partial charge in [0.1, 0.15) is 11.4 Å². The Balaban J connectivity index is 1.50. The van der Waals surface area contributed by atoms with Crippen molar-refractivity contribution in [3.8, 4) is 5.75 Å². The molecule has 1 aliphatic heterocycles. The second kappa shape index (κ2) is 8.31. The van der Waals surface area contributed by atoms with Gasteiger partial charge in [-0.1, -0.05) is 12.1 Å². The topological polar surface area (TPSA) is 102 Å². The molecule has 1 heterocycles. The van der Waals surface area contributed by atoms with Crippen LogP contribution in [0.3, 0.4) is 0 Å². The molecule has 2 aromatic carbocycles. The fourth-order valence-electron chi connectivity index (χ4n) is 2.88. The van der Waals surface area contributed by atoms with Crippen LogP contribution in [0.25, 0.3) is 0 Å². The molecule has 1 saturated heterocycles. The molecule has 3 rings (SSSR count). The first-order valence-electron chi connectivity index (χ1n) is 8.63. The maximum absolute atomic E-state index is 12.0. The van der Waals surface area contributed by atoms with Gasteiger partial charge in [0.2, 0.25) is 5.91 Å². The van der Waals surface area contributed by atoms with Gasteiger partial charge in [-0.2, -0.15) is 0 Å². The Morgan fingerprint density at radius 3 is 2.59 bits per heavy atom. The van der Waals surface area contributed by atoms with Crippen LogP contribution in [0.15, 0.2) is 48.5 Å². The number of benzene rings is 2. The van der Waals surface area contributed by atoms with Crippen molar-refractivity contribution in [1.82, 2.24) is 0 Å². The second-order valence-electron chi connectivity index (χ2n) is 6.07. The molecular weight excluding hydrogens is 350 g/mol. The normalized spacial score (nSPS) is 13.5. The number of carbonyl (C=O) groups is 2. The van der Waals surface area contributed by atoms with Crippen LogP contribution in [0.4, 0.5) is 17.1 Å². The number of para-hydroxylation sites is 2.